The number of hydrogen-bond donors (Lipinski definition) is 3. The number of aromatic amines is 1. The van der Waals surface area contributed by atoms with Crippen LogP contribution < -0.4 is 5.32 Å². The molecule has 1 fully saturated rings. The molecule has 1 aliphatic heterocycles. The molecule has 1 saturated heterocycles. The average Bonchev–Trinajstić information content (AvgIpc) is 3.46. The number of anilines is 2. The van der Waals surface area contributed by atoms with Crippen LogP contribution in [0.3, 0.4) is 0 Å². The third-order valence-electron chi connectivity index (χ3n) is 5.87. The lowest BCUT2D eigenvalue weighted by atomic mass is 10.2. The minimum atomic E-state index is -0.0585. The Morgan fingerprint density at radius 1 is 1.18 bits per heavy atom. The first-order valence-corrected chi connectivity index (χ1v) is 11.4. The van der Waals surface area contributed by atoms with Crippen molar-refractivity contribution >= 4 is 40.0 Å². The zero-order chi connectivity index (χ0) is 23.7. The summed E-state index contributed by atoms with van der Waals surface area (Å²) < 4.78 is 1.86. The maximum absolute atomic E-state index is 13.0. The summed E-state index contributed by atoms with van der Waals surface area (Å²) >= 11 is 6.54. The monoisotopic (exact) mass is 480 g/mol. The van der Waals surface area contributed by atoms with Crippen molar-refractivity contribution in [3.05, 3.63) is 53.7 Å². The summed E-state index contributed by atoms with van der Waals surface area (Å²) in [7, 11) is 1.90. The molecule has 1 amide bonds. The minimum absolute atomic E-state index is 0.0585. The van der Waals surface area contributed by atoms with Crippen LogP contribution in [0.1, 0.15) is 10.5 Å². The molecule has 0 bridgehead atoms. The molecule has 0 radical (unpaired) electrons. The first kappa shape index (κ1) is 22.3. The summed E-state index contributed by atoms with van der Waals surface area (Å²) in [6, 6.07) is 7.31. The molecular formula is C23H25ClN8O2. The molecule has 0 atom stereocenters. The predicted molar refractivity (Wildman–Crippen MR) is 130 cm³/mol. The van der Waals surface area contributed by atoms with Gasteiger partial charge in [0.2, 0.25) is 5.95 Å². The number of carbonyl (C=O) groups is 1. The maximum Gasteiger partial charge on any atom is 0.270 e. The quantitative estimate of drug-likeness (QED) is 0.388. The Bertz CT molecular complexity index is 1330. The van der Waals surface area contributed by atoms with E-state index in [9.17, 15) is 4.79 Å². The highest BCUT2D eigenvalue weighted by Crippen LogP contribution is 2.30. The number of rotatable bonds is 6. The van der Waals surface area contributed by atoms with Gasteiger partial charge >= 0.3 is 0 Å². The second-order valence-corrected chi connectivity index (χ2v) is 8.68. The second kappa shape index (κ2) is 9.41. The van der Waals surface area contributed by atoms with Crippen molar-refractivity contribution in [1.29, 1.82) is 0 Å². The number of hydrogen-bond acceptors (Lipinski definition) is 7. The summed E-state index contributed by atoms with van der Waals surface area (Å²) in [5.41, 5.74) is 3.38. The normalized spacial score (nSPS) is 14.6. The van der Waals surface area contributed by atoms with E-state index in [0.717, 1.165) is 24.2 Å². The van der Waals surface area contributed by atoms with E-state index in [0.29, 0.717) is 53.2 Å². The van der Waals surface area contributed by atoms with E-state index in [1.54, 1.807) is 24.7 Å². The van der Waals surface area contributed by atoms with E-state index in [2.05, 4.69) is 30.2 Å². The molecule has 0 unspecified atom stereocenters. The average molecular weight is 481 g/mol. The molecule has 1 aliphatic rings. The highest BCUT2D eigenvalue weighted by molar-refractivity contribution is 6.35. The number of imidazole rings is 1. The molecule has 34 heavy (non-hydrogen) atoms. The van der Waals surface area contributed by atoms with Crippen LogP contribution in [0.5, 0.6) is 0 Å². The molecule has 4 heterocycles. The van der Waals surface area contributed by atoms with Gasteiger partial charge in [-0.15, -0.1) is 0 Å². The number of β-amino-alcohol motifs (C(OH)–C–C–N with tert-alkyl or cyclic N) is 1. The fourth-order valence-electron chi connectivity index (χ4n) is 4.11. The topological polar surface area (TPSA) is 115 Å². The van der Waals surface area contributed by atoms with Crippen molar-refractivity contribution in [3.8, 4) is 11.4 Å². The first-order valence-electron chi connectivity index (χ1n) is 11.0. The molecule has 11 heteroatoms. The zero-order valence-corrected chi connectivity index (χ0v) is 19.5. The van der Waals surface area contributed by atoms with Crippen LogP contribution in [0.4, 0.5) is 11.6 Å². The fraction of sp³-hybridized carbons (Fsp3) is 0.304. The number of nitrogens with zero attached hydrogens (tertiary/aromatic N) is 6. The summed E-state index contributed by atoms with van der Waals surface area (Å²) in [6.45, 7) is 3.51. The first-order chi connectivity index (χ1) is 16.5. The number of aliphatic hydroxyl groups is 1. The van der Waals surface area contributed by atoms with Gasteiger partial charge in [0.15, 0.2) is 0 Å². The summed E-state index contributed by atoms with van der Waals surface area (Å²) in [4.78, 5) is 33.4. The summed E-state index contributed by atoms with van der Waals surface area (Å²) in [5.74, 6) is 0.364. The Balaban J connectivity index is 1.34. The molecular weight excluding hydrogens is 456 g/mol. The molecule has 3 aromatic heterocycles. The number of nitrogens with one attached hydrogen (secondary N) is 2. The second-order valence-electron chi connectivity index (χ2n) is 8.28. The molecule has 10 nitrogen and oxygen atoms in total. The van der Waals surface area contributed by atoms with Crippen LogP contribution in [-0.2, 0) is 7.05 Å². The van der Waals surface area contributed by atoms with Gasteiger partial charge < -0.3 is 24.9 Å². The number of amides is 1. The number of piperazine rings is 1. The van der Waals surface area contributed by atoms with Crippen molar-refractivity contribution in [2.45, 2.75) is 0 Å². The van der Waals surface area contributed by atoms with Gasteiger partial charge in [0.25, 0.3) is 5.91 Å². The van der Waals surface area contributed by atoms with Gasteiger partial charge in [-0.25, -0.2) is 15.0 Å². The highest BCUT2D eigenvalue weighted by Gasteiger charge is 2.23. The Labute approximate surface area is 201 Å². The Morgan fingerprint density at radius 2 is 2.00 bits per heavy atom. The Hall–Kier alpha value is -3.47. The zero-order valence-electron chi connectivity index (χ0n) is 18.7. The van der Waals surface area contributed by atoms with Crippen molar-refractivity contribution in [2.75, 3.05) is 44.6 Å². The van der Waals surface area contributed by atoms with Crippen LogP contribution in [0.2, 0.25) is 5.02 Å². The Kier molecular flexibility index (Phi) is 6.18. The van der Waals surface area contributed by atoms with E-state index in [1.165, 1.54) is 0 Å². The van der Waals surface area contributed by atoms with E-state index < -0.39 is 0 Å². The maximum atomic E-state index is 13.0. The molecule has 0 saturated carbocycles. The minimum Gasteiger partial charge on any atom is -0.395 e. The fourth-order valence-corrected chi connectivity index (χ4v) is 4.38. The van der Waals surface area contributed by atoms with E-state index >= 15 is 0 Å². The van der Waals surface area contributed by atoms with Gasteiger partial charge in [0.1, 0.15) is 11.4 Å². The van der Waals surface area contributed by atoms with Gasteiger partial charge in [-0.1, -0.05) is 11.6 Å². The van der Waals surface area contributed by atoms with Crippen LogP contribution >= 0.6 is 11.6 Å². The number of aliphatic hydroxyl groups excluding tert-OH is 1. The molecule has 3 N–H and O–H groups in total. The number of H-pyrrole nitrogens is 1. The van der Waals surface area contributed by atoms with E-state index in [1.807, 2.05) is 34.8 Å². The molecule has 0 aliphatic carbocycles. The van der Waals surface area contributed by atoms with Gasteiger partial charge in [-0.05, 0) is 24.3 Å². The third kappa shape index (κ3) is 4.60. The van der Waals surface area contributed by atoms with Gasteiger partial charge in [-0.3, -0.25) is 9.69 Å². The van der Waals surface area contributed by atoms with Gasteiger partial charge in [0, 0.05) is 63.2 Å². The van der Waals surface area contributed by atoms with Crippen molar-refractivity contribution in [2.24, 2.45) is 7.05 Å². The molecule has 1 aromatic carbocycles. The number of aromatic nitrogens is 5. The lowest BCUT2D eigenvalue weighted by molar-refractivity contribution is 0.0610. The lowest BCUT2D eigenvalue weighted by Crippen LogP contribution is -2.49. The molecule has 4 aromatic rings. The number of aryl methyl sites for hydroxylation is 1. The van der Waals surface area contributed by atoms with E-state index in [4.69, 9.17) is 16.7 Å². The number of benzene rings is 1. The van der Waals surface area contributed by atoms with Crippen LogP contribution in [0.25, 0.3) is 22.3 Å². The Morgan fingerprint density at radius 3 is 2.74 bits per heavy atom. The van der Waals surface area contributed by atoms with E-state index in [-0.39, 0.29) is 12.5 Å². The molecule has 5 rings (SSSR count). The van der Waals surface area contributed by atoms with Crippen LogP contribution in [0.15, 0.2) is 43.0 Å². The standard InChI is InChI=1S/C23H25ClN8O2/c1-30-13-20(26-14-30)18-2-3-25-23(29-18)27-16-10-15-11-19(28-21(15)17(24)12-16)22(34)32-6-4-31(5-7-32)8-9-33/h2-3,10-14,28,33H,4-9H2,1H3,(H,25,27,29). The van der Waals surface area contributed by atoms with Gasteiger partial charge in [-0.2, -0.15) is 0 Å². The molecule has 176 valence electrons. The predicted octanol–water partition coefficient (Wildman–Crippen LogP) is 2.51. The summed E-state index contributed by atoms with van der Waals surface area (Å²) in [5, 5.41) is 13.6. The lowest BCUT2D eigenvalue weighted by Gasteiger charge is -2.34. The number of carbonyl (C=O) groups excluding carboxylic acids is 1. The van der Waals surface area contributed by atoms with Crippen LogP contribution in [0, 0.1) is 0 Å². The molecule has 0 spiro atoms. The van der Waals surface area contributed by atoms with Crippen LogP contribution in [-0.4, -0.2) is 84.6 Å². The van der Waals surface area contributed by atoms with Gasteiger partial charge in [0.05, 0.1) is 29.2 Å². The third-order valence-corrected chi connectivity index (χ3v) is 6.16. The highest BCUT2D eigenvalue weighted by atomic mass is 35.5. The van der Waals surface area contributed by atoms with Crippen molar-refractivity contribution in [1.82, 2.24) is 34.3 Å². The smallest absolute Gasteiger partial charge is 0.270 e. The van der Waals surface area contributed by atoms with Crippen molar-refractivity contribution in [3.63, 3.8) is 0 Å². The summed E-state index contributed by atoms with van der Waals surface area (Å²) in [6.07, 6.45) is 5.28. The number of fused-ring (bicyclic) bond motifs is 1. The number of halogens is 1. The SMILES string of the molecule is Cn1cnc(-c2ccnc(Nc3cc(Cl)c4[nH]c(C(=O)N5CCN(CCO)CC5)cc4c3)n2)c1. The van der Waals surface area contributed by atoms with Crippen molar-refractivity contribution < 1.29 is 9.90 Å². The largest absolute Gasteiger partial charge is 0.395 e.